The Morgan fingerprint density at radius 2 is 1.52 bits per heavy atom. The molecule has 3 rings (SSSR count). The zero-order chi connectivity index (χ0) is 14.5. The average molecular weight is 271 g/mol. The molecule has 0 aliphatic heterocycles. The third-order valence-electron chi connectivity index (χ3n) is 3.92. The van der Waals surface area contributed by atoms with Crippen molar-refractivity contribution in [2.75, 3.05) is 0 Å². The van der Waals surface area contributed by atoms with Gasteiger partial charge in [0.25, 0.3) is 0 Å². The van der Waals surface area contributed by atoms with E-state index in [4.69, 9.17) is 0 Å². The van der Waals surface area contributed by atoms with Crippen LogP contribution in [0.25, 0.3) is 10.8 Å². The topological polar surface area (TPSA) is 23.8 Å². The average Bonchev–Trinajstić information content (AvgIpc) is 2.56. The molecule has 21 heavy (non-hydrogen) atoms. The van der Waals surface area contributed by atoms with E-state index < -0.39 is 0 Å². The van der Waals surface area contributed by atoms with E-state index in [1.165, 1.54) is 16.3 Å². The van der Waals surface area contributed by atoms with Gasteiger partial charge in [0, 0.05) is 0 Å². The van der Waals surface area contributed by atoms with Crippen molar-refractivity contribution in [1.82, 2.24) is 0 Å². The predicted octanol–water partition coefficient (Wildman–Crippen LogP) is 5.08. The molecular formula is C20H17N. The van der Waals surface area contributed by atoms with E-state index in [0.29, 0.717) is 0 Å². The van der Waals surface area contributed by atoms with Crippen LogP contribution in [0, 0.1) is 11.3 Å². The molecular weight excluding hydrogens is 254 g/mol. The normalized spacial score (nSPS) is 12.0. The summed E-state index contributed by atoms with van der Waals surface area (Å²) in [4.78, 5) is 0. The van der Waals surface area contributed by atoms with E-state index in [1.807, 2.05) is 24.3 Å². The number of nitriles is 1. The van der Waals surface area contributed by atoms with Gasteiger partial charge in [-0.2, -0.15) is 5.26 Å². The highest BCUT2D eigenvalue weighted by Crippen LogP contribution is 2.28. The highest BCUT2D eigenvalue weighted by molar-refractivity contribution is 5.86. The van der Waals surface area contributed by atoms with Gasteiger partial charge in [-0.3, -0.25) is 0 Å². The van der Waals surface area contributed by atoms with Crippen LogP contribution in [0.4, 0.5) is 0 Å². The minimum atomic E-state index is -0.0590. The first-order valence-corrected chi connectivity index (χ1v) is 7.29. The number of hydrogen-bond acceptors (Lipinski definition) is 1. The first-order chi connectivity index (χ1) is 10.4. The summed E-state index contributed by atoms with van der Waals surface area (Å²) in [6.07, 6.45) is 1.79. The SMILES string of the molecule is N#CC(CCc1ccccc1)c1cccc2ccccc12. The Morgan fingerprint density at radius 3 is 2.33 bits per heavy atom. The number of nitrogens with zero attached hydrogens (tertiary/aromatic N) is 1. The summed E-state index contributed by atoms with van der Waals surface area (Å²) in [5.41, 5.74) is 2.43. The summed E-state index contributed by atoms with van der Waals surface area (Å²) in [7, 11) is 0. The molecule has 0 aromatic heterocycles. The highest BCUT2D eigenvalue weighted by Gasteiger charge is 2.13. The fraction of sp³-hybridized carbons (Fsp3) is 0.150. The Labute approximate surface area is 125 Å². The van der Waals surface area contributed by atoms with Crippen molar-refractivity contribution < 1.29 is 0 Å². The molecule has 0 spiro atoms. The summed E-state index contributed by atoms with van der Waals surface area (Å²) in [6, 6.07) is 27.4. The number of fused-ring (bicyclic) bond motifs is 1. The van der Waals surface area contributed by atoms with Crippen LogP contribution < -0.4 is 0 Å². The van der Waals surface area contributed by atoms with Gasteiger partial charge in [0.2, 0.25) is 0 Å². The second-order valence-corrected chi connectivity index (χ2v) is 5.27. The standard InChI is InChI=1S/C20H17N/c21-15-18(14-13-16-7-2-1-3-8-16)20-12-6-10-17-9-4-5-11-19(17)20/h1-12,18H,13-14H2. The van der Waals surface area contributed by atoms with Crippen molar-refractivity contribution in [2.24, 2.45) is 0 Å². The summed E-state index contributed by atoms with van der Waals surface area (Å²) in [5.74, 6) is -0.0590. The molecule has 0 N–H and O–H groups in total. The van der Waals surface area contributed by atoms with Gasteiger partial charge in [-0.15, -0.1) is 0 Å². The summed E-state index contributed by atoms with van der Waals surface area (Å²) in [6.45, 7) is 0. The third kappa shape index (κ3) is 2.95. The summed E-state index contributed by atoms with van der Waals surface area (Å²) >= 11 is 0. The van der Waals surface area contributed by atoms with Crippen LogP contribution in [0.3, 0.4) is 0 Å². The minimum absolute atomic E-state index is 0.0590. The Morgan fingerprint density at radius 1 is 0.810 bits per heavy atom. The Bertz CT molecular complexity index is 763. The maximum atomic E-state index is 9.57. The Kier molecular flexibility index (Phi) is 3.98. The molecule has 0 fully saturated rings. The molecule has 0 saturated carbocycles. The number of hydrogen-bond donors (Lipinski definition) is 0. The molecule has 0 aliphatic carbocycles. The quantitative estimate of drug-likeness (QED) is 0.649. The largest absolute Gasteiger partial charge is 0.198 e. The molecule has 0 aliphatic rings. The zero-order valence-corrected chi connectivity index (χ0v) is 11.9. The van der Waals surface area contributed by atoms with Gasteiger partial charge in [-0.1, -0.05) is 72.8 Å². The van der Waals surface area contributed by atoms with Crippen LogP contribution in [-0.4, -0.2) is 0 Å². The molecule has 0 bridgehead atoms. The lowest BCUT2D eigenvalue weighted by molar-refractivity contribution is 0.751. The van der Waals surface area contributed by atoms with Crippen molar-refractivity contribution in [3.05, 3.63) is 83.9 Å². The molecule has 1 heteroatoms. The lowest BCUT2D eigenvalue weighted by atomic mass is 9.90. The van der Waals surface area contributed by atoms with E-state index >= 15 is 0 Å². The van der Waals surface area contributed by atoms with Crippen LogP contribution in [0.2, 0.25) is 0 Å². The van der Waals surface area contributed by atoms with E-state index in [2.05, 4.69) is 54.6 Å². The van der Waals surface area contributed by atoms with Gasteiger partial charge in [0.15, 0.2) is 0 Å². The molecule has 0 heterocycles. The van der Waals surface area contributed by atoms with Gasteiger partial charge in [-0.05, 0) is 34.7 Å². The van der Waals surface area contributed by atoms with Crippen molar-refractivity contribution in [2.45, 2.75) is 18.8 Å². The van der Waals surface area contributed by atoms with E-state index in [-0.39, 0.29) is 5.92 Å². The Balaban J connectivity index is 1.87. The second kappa shape index (κ2) is 6.24. The van der Waals surface area contributed by atoms with Gasteiger partial charge in [0.1, 0.15) is 0 Å². The molecule has 0 amide bonds. The predicted molar refractivity (Wildman–Crippen MR) is 87.1 cm³/mol. The molecule has 0 saturated heterocycles. The fourth-order valence-electron chi connectivity index (χ4n) is 2.80. The van der Waals surface area contributed by atoms with Crippen LogP contribution in [-0.2, 0) is 6.42 Å². The highest BCUT2D eigenvalue weighted by atomic mass is 14.3. The fourth-order valence-corrected chi connectivity index (χ4v) is 2.80. The van der Waals surface area contributed by atoms with Gasteiger partial charge < -0.3 is 0 Å². The molecule has 3 aromatic rings. The van der Waals surface area contributed by atoms with Crippen LogP contribution >= 0.6 is 0 Å². The molecule has 1 atom stereocenters. The van der Waals surface area contributed by atoms with Gasteiger partial charge >= 0.3 is 0 Å². The monoisotopic (exact) mass is 271 g/mol. The van der Waals surface area contributed by atoms with Gasteiger partial charge in [-0.25, -0.2) is 0 Å². The lowest BCUT2D eigenvalue weighted by Gasteiger charge is -2.12. The summed E-state index contributed by atoms with van der Waals surface area (Å²) in [5, 5.41) is 12.0. The second-order valence-electron chi connectivity index (χ2n) is 5.27. The van der Waals surface area contributed by atoms with Crippen molar-refractivity contribution >= 4 is 10.8 Å². The number of aryl methyl sites for hydroxylation is 1. The molecule has 0 radical (unpaired) electrons. The van der Waals surface area contributed by atoms with Crippen molar-refractivity contribution in [3.8, 4) is 6.07 Å². The minimum Gasteiger partial charge on any atom is -0.198 e. The smallest absolute Gasteiger partial charge is 0.0721 e. The lowest BCUT2D eigenvalue weighted by Crippen LogP contribution is -1.99. The van der Waals surface area contributed by atoms with E-state index in [9.17, 15) is 5.26 Å². The first-order valence-electron chi connectivity index (χ1n) is 7.29. The molecule has 3 aromatic carbocycles. The maximum Gasteiger partial charge on any atom is 0.0721 e. The third-order valence-corrected chi connectivity index (χ3v) is 3.92. The number of benzene rings is 3. The molecule has 1 nitrogen and oxygen atoms in total. The Hall–Kier alpha value is -2.59. The van der Waals surface area contributed by atoms with Crippen molar-refractivity contribution in [3.63, 3.8) is 0 Å². The number of rotatable bonds is 4. The summed E-state index contributed by atoms with van der Waals surface area (Å²) < 4.78 is 0. The van der Waals surface area contributed by atoms with E-state index in [1.54, 1.807) is 0 Å². The van der Waals surface area contributed by atoms with Crippen molar-refractivity contribution in [1.29, 1.82) is 5.26 Å². The molecule has 102 valence electrons. The molecule has 1 unspecified atom stereocenters. The van der Waals surface area contributed by atoms with E-state index in [0.717, 1.165) is 18.4 Å². The first kappa shape index (κ1) is 13.4. The zero-order valence-electron chi connectivity index (χ0n) is 11.9. The maximum absolute atomic E-state index is 9.57. The van der Waals surface area contributed by atoms with Crippen LogP contribution in [0.1, 0.15) is 23.5 Å². The van der Waals surface area contributed by atoms with Crippen LogP contribution in [0.5, 0.6) is 0 Å². The van der Waals surface area contributed by atoms with Crippen LogP contribution in [0.15, 0.2) is 72.8 Å². The van der Waals surface area contributed by atoms with Gasteiger partial charge in [0.05, 0.1) is 12.0 Å².